The minimum absolute atomic E-state index is 0.0680. The number of ether oxygens (including phenoxy) is 1. The number of carbonyl (C=O) groups excluding carboxylic acids is 1. The summed E-state index contributed by atoms with van der Waals surface area (Å²) in [5.41, 5.74) is 3.57. The Hall–Kier alpha value is -1.66. The van der Waals surface area contributed by atoms with Gasteiger partial charge in [0.05, 0.1) is 34.5 Å². The Bertz CT molecular complexity index is 628. The summed E-state index contributed by atoms with van der Waals surface area (Å²) in [6, 6.07) is 5.77. The van der Waals surface area contributed by atoms with E-state index in [1.165, 1.54) is 0 Å². The average Bonchev–Trinajstić information content (AvgIpc) is 2.89. The number of carbonyl (C=O) groups is 1. The molecule has 1 N–H and O–H groups in total. The largest absolute Gasteiger partial charge is 0.375 e. The predicted molar refractivity (Wildman–Crippen MR) is 80.2 cm³/mol. The molecule has 1 fully saturated rings. The molecule has 0 radical (unpaired) electrons. The number of hydrogen-bond acceptors (Lipinski definition) is 4. The van der Waals surface area contributed by atoms with E-state index in [1.54, 1.807) is 11.3 Å². The van der Waals surface area contributed by atoms with Crippen molar-refractivity contribution in [2.75, 3.05) is 18.5 Å². The van der Waals surface area contributed by atoms with Gasteiger partial charge in [0, 0.05) is 12.2 Å². The van der Waals surface area contributed by atoms with Gasteiger partial charge in [-0.05, 0) is 32.0 Å². The van der Waals surface area contributed by atoms with Crippen LogP contribution in [0.4, 0.5) is 10.5 Å². The van der Waals surface area contributed by atoms with Gasteiger partial charge in [-0.2, -0.15) is 0 Å². The van der Waals surface area contributed by atoms with E-state index < -0.39 is 0 Å². The van der Waals surface area contributed by atoms with Crippen molar-refractivity contribution in [1.82, 2.24) is 9.88 Å². The number of nitrogens with zero attached hydrogens (tertiary/aromatic N) is 2. The molecule has 2 amide bonds. The van der Waals surface area contributed by atoms with Crippen LogP contribution < -0.4 is 5.32 Å². The van der Waals surface area contributed by atoms with Gasteiger partial charge in [0.15, 0.2) is 0 Å². The highest BCUT2D eigenvalue weighted by Crippen LogP contribution is 2.22. The van der Waals surface area contributed by atoms with Crippen molar-refractivity contribution in [2.45, 2.75) is 26.0 Å². The zero-order valence-electron chi connectivity index (χ0n) is 11.5. The Labute approximate surface area is 121 Å². The molecule has 3 rings (SSSR count). The predicted octanol–water partition coefficient (Wildman–Crippen LogP) is 2.94. The average molecular weight is 291 g/mol. The maximum Gasteiger partial charge on any atom is 0.322 e. The van der Waals surface area contributed by atoms with Gasteiger partial charge in [0.1, 0.15) is 0 Å². The van der Waals surface area contributed by atoms with E-state index in [-0.39, 0.29) is 18.2 Å². The lowest BCUT2D eigenvalue weighted by atomic mass is 10.1. The van der Waals surface area contributed by atoms with Crippen molar-refractivity contribution >= 4 is 33.3 Å². The van der Waals surface area contributed by atoms with E-state index >= 15 is 0 Å². The number of fused-ring (bicyclic) bond motifs is 1. The third kappa shape index (κ3) is 2.48. The number of amides is 2. The fourth-order valence-electron chi connectivity index (χ4n) is 2.35. The summed E-state index contributed by atoms with van der Waals surface area (Å²) in [7, 11) is 0. The molecule has 2 aromatic rings. The summed E-state index contributed by atoms with van der Waals surface area (Å²) in [6.07, 6.45) is 0.0680. The molecule has 0 aliphatic carbocycles. The van der Waals surface area contributed by atoms with Crippen molar-refractivity contribution in [1.29, 1.82) is 0 Å². The highest BCUT2D eigenvalue weighted by atomic mass is 32.1. The fourth-order valence-corrected chi connectivity index (χ4v) is 3.06. The number of morpholine rings is 1. The van der Waals surface area contributed by atoms with E-state index in [0.717, 1.165) is 15.9 Å². The minimum atomic E-state index is -0.0727. The number of urea groups is 1. The molecule has 2 atom stereocenters. The molecule has 0 saturated carbocycles. The molecule has 0 spiro atoms. The lowest BCUT2D eigenvalue weighted by Gasteiger charge is -2.37. The monoisotopic (exact) mass is 291 g/mol. The van der Waals surface area contributed by atoms with Crippen molar-refractivity contribution in [3.8, 4) is 0 Å². The van der Waals surface area contributed by atoms with E-state index in [2.05, 4.69) is 10.3 Å². The number of aromatic nitrogens is 1. The topological polar surface area (TPSA) is 54.5 Å². The summed E-state index contributed by atoms with van der Waals surface area (Å²) < 4.78 is 6.61. The number of rotatable bonds is 1. The molecular weight excluding hydrogens is 274 g/mol. The lowest BCUT2D eigenvalue weighted by Crippen LogP contribution is -2.52. The Morgan fingerprint density at radius 1 is 1.50 bits per heavy atom. The van der Waals surface area contributed by atoms with Crippen LogP contribution >= 0.6 is 11.3 Å². The third-order valence-electron chi connectivity index (χ3n) is 3.73. The first-order chi connectivity index (χ1) is 9.65. The molecule has 6 heteroatoms. The number of nitrogens with one attached hydrogen (secondary N) is 1. The zero-order chi connectivity index (χ0) is 14.1. The van der Waals surface area contributed by atoms with E-state index in [0.29, 0.717) is 13.2 Å². The van der Waals surface area contributed by atoms with Gasteiger partial charge in [-0.1, -0.05) is 0 Å². The molecule has 20 heavy (non-hydrogen) atoms. The second kappa shape index (κ2) is 5.38. The van der Waals surface area contributed by atoms with Crippen molar-refractivity contribution in [2.24, 2.45) is 0 Å². The smallest absolute Gasteiger partial charge is 0.322 e. The molecule has 5 nitrogen and oxygen atoms in total. The van der Waals surface area contributed by atoms with Crippen LogP contribution in [0.15, 0.2) is 23.7 Å². The Morgan fingerprint density at radius 2 is 2.35 bits per heavy atom. The molecule has 0 unspecified atom stereocenters. The van der Waals surface area contributed by atoms with Crippen LogP contribution in [-0.2, 0) is 4.74 Å². The number of hydrogen-bond donors (Lipinski definition) is 1. The maximum absolute atomic E-state index is 12.3. The molecule has 1 aromatic heterocycles. The molecular formula is C14H17N3O2S. The van der Waals surface area contributed by atoms with Crippen LogP contribution in [0.25, 0.3) is 10.2 Å². The Balaban J connectivity index is 1.74. The summed E-state index contributed by atoms with van der Waals surface area (Å²) in [4.78, 5) is 18.4. The highest BCUT2D eigenvalue weighted by Gasteiger charge is 2.29. The molecule has 106 valence electrons. The van der Waals surface area contributed by atoms with Gasteiger partial charge in [-0.25, -0.2) is 9.78 Å². The molecule has 1 aliphatic rings. The van der Waals surface area contributed by atoms with Crippen LogP contribution in [0.3, 0.4) is 0 Å². The highest BCUT2D eigenvalue weighted by molar-refractivity contribution is 7.16. The molecule has 0 bridgehead atoms. The summed E-state index contributed by atoms with van der Waals surface area (Å²) in [6.45, 7) is 5.22. The van der Waals surface area contributed by atoms with Crippen LogP contribution in [-0.4, -0.2) is 41.2 Å². The minimum Gasteiger partial charge on any atom is -0.375 e. The Morgan fingerprint density at radius 3 is 3.20 bits per heavy atom. The van der Waals surface area contributed by atoms with Crippen molar-refractivity contribution in [3.05, 3.63) is 23.7 Å². The number of thiazole rings is 1. The SMILES string of the molecule is C[C@@H]1OCCN(C(=O)Nc2ccc3ncsc3c2)[C@@H]1C. The van der Waals surface area contributed by atoms with Gasteiger partial charge in [-0.15, -0.1) is 11.3 Å². The van der Waals surface area contributed by atoms with Crippen LogP contribution in [0.2, 0.25) is 0 Å². The second-order valence-electron chi connectivity index (χ2n) is 4.97. The van der Waals surface area contributed by atoms with Crippen LogP contribution in [0.5, 0.6) is 0 Å². The van der Waals surface area contributed by atoms with Gasteiger partial charge >= 0.3 is 6.03 Å². The van der Waals surface area contributed by atoms with Gasteiger partial charge in [0.25, 0.3) is 0 Å². The molecule has 1 saturated heterocycles. The molecule has 1 aromatic carbocycles. The quantitative estimate of drug-likeness (QED) is 0.879. The summed E-state index contributed by atoms with van der Waals surface area (Å²) in [5.74, 6) is 0. The first kappa shape index (κ1) is 13.3. The third-order valence-corrected chi connectivity index (χ3v) is 4.52. The lowest BCUT2D eigenvalue weighted by molar-refractivity contribution is -0.0355. The van der Waals surface area contributed by atoms with Crippen molar-refractivity contribution < 1.29 is 9.53 Å². The van der Waals surface area contributed by atoms with Gasteiger partial charge < -0.3 is 15.0 Å². The number of benzene rings is 1. The normalized spacial score (nSPS) is 23.0. The maximum atomic E-state index is 12.3. The summed E-state index contributed by atoms with van der Waals surface area (Å²) in [5, 5.41) is 2.95. The molecule has 1 aliphatic heterocycles. The van der Waals surface area contributed by atoms with E-state index in [9.17, 15) is 4.79 Å². The molecule has 2 heterocycles. The fraction of sp³-hybridized carbons (Fsp3) is 0.429. The first-order valence-electron chi connectivity index (χ1n) is 6.67. The number of anilines is 1. The van der Waals surface area contributed by atoms with E-state index in [1.807, 2.05) is 42.5 Å². The van der Waals surface area contributed by atoms with E-state index in [4.69, 9.17) is 4.74 Å². The summed E-state index contributed by atoms with van der Waals surface area (Å²) >= 11 is 1.57. The Kier molecular flexibility index (Phi) is 3.58. The zero-order valence-corrected chi connectivity index (χ0v) is 12.3. The van der Waals surface area contributed by atoms with Gasteiger partial charge in [0.2, 0.25) is 0 Å². The second-order valence-corrected chi connectivity index (χ2v) is 5.86. The van der Waals surface area contributed by atoms with Gasteiger partial charge in [-0.3, -0.25) is 0 Å². The van der Waals surface area contributed by atoms with Crippen LogP contribution in [0, 0.1) is 0 Å². The first-order valence-corrected chi connectivity index (χ1v) is 7.55. The standard InChI is InChI=1S/C14H17N3O2S/c1-9-10(2)19-6-5-17(9)14(18)16-11-3-4-12-13(7-11)20-8-15-12/h3-4,7-10H,5-6H2,1-2H3,(H,16,18)/t9-,10+/m1/s1. The van der Waals surface area contributed by atoms with Crippen molar-refractivity contribution in [3.63, 3.8) is 0 Å². The van der Waals surface area contributed by atoms with Crippen LogP contribution in [0.1, 0.15) is 13.8 Å².